The normalized spacial score (nSPS) is 15.8. The summed E-state index contributed by atoms with van der Waals surface area (Å²) in [5.74, 6) is 2.46. The van der Waals surface area contributed by atoms with Crippen LogP contribution in [-0.2, 0) is 17.8 Å². The number of pyridine rings is 1. The van der Waals surface area contributed by atoms with Crippen molar-refractivity contribution in [1.29, 1.82) is 0 Å². The van der Waals surface area contributed by atoms with E-state index in [2.05, 4.69) is 20.0 Å². The number of benzene rings is 1. The lowest BCUT2D eigenvalue weighted by Crippen LogP contribution is -2.31. The van der Waals surface area contributed by atoms with Gasteiger partial charge in [0, 0.05) is 25.9 Å². The molecule has 0 N–H and O–H groups in total. The molecule has 3 aromatic rings. The molecule has 0 bridgehead atoms. The van der Waals surface area contributed by atoms with Gasteiger partial charge < -0.3 is 23.5 Å². The molecule has 0 aliphatic carbocycles. The Kier molecular flexibility index (Phi) is 7.18. The van der Waals surface area contributed by atoms with Crippen LogP contribution in [0.3, 0.4) is 0 Å². The van der Waals surface area contributed by atoms with Gasteiger partial charge in [0.2, 0.25) is 17.5 Å². The summed E-state index contributed by atoms with van der Waals surface area (Å²) in [5, 5.41) is 4.18. The van der Waals surface area contributed by atoms with Crippen molar-refractivity contribution in [1.82, 2.24) is 20.0 Å². The lowest BCUT2D eigenvalue weighted by Gasteiger charge is -2.23. The van der Waals surface area contributed by atoms with E-state index >= 15 is 0 Å². The van der Waals surface area contributed by atoms with Crippen LogP contribution >= 0.6 is 0 Å². The van der Waals surface area contributed by atoms with Crippen LogP contribution in [0.1, 0.15) is 24.4 Å². The summed E-state index contributed by atoms with van der Waals surface area (Å²) in [5.41, 5.74) is 1.64. The van der Waals surface area contributed by atoms with Gasteiger partial charge in [-0.05, 0) is 37.1 Å². The monoisotopic (exact) mass is 440 g/mol. The Balaban J connectivity index is 1.55. The fourth-order valence-electron chi connectivity index (χ4n) is 3.88. The molecule has 1 fully saturated rings. The highest BCUT2D eigenvalue weighted by atomic mass is 16.5. The van der Waals surface area contributed by atoms with Crippen molar-refractivity contribution in [3.63, 3.8) is 0 Å². The van der Waals surface area contributed by atoms with Crippen molar-refractivity contribution < 1.29 is 23.5 Å². The van der Waals surface area contributed by atoms with E-state index < -0.39 is 0 Å². The highest BCUT2D eigenvalue weighted by Gasteiger charge is 2.24. The summed E-state index contributed by atoms with van der Waals surface area (Å²) in [4.78, 5) is 11.3. The van der Waals surface area contributed by atoms with E-state index in [1.54, 1.807) is 33.6 Å². The third kappa shape index (κ3) is 5.00. The first-order valence-electron chi connectivity index (χ1n) is 10.6. The van der Waals surface area contributed by atoms with Crippen LogP contribution in [0, 0.1) is 0 Å². The number of hydrogen-bond acceptors (Lipinski definition) is 9. The lowest BCUT2D eigenvalue weighted by atomic mass is 10.1. The minimum atomic E-state index is 0.201. The smallest absolute Gasteiger partial charge is 0.241 e. The molecular weight excluding hydrogens is 412 g/mol. The van der Waals surface area contributed by atoms with Gasteiger partial charge in [0.15, 0.2) is 11.5 Å². The Bertz CT molecular complexity index is 1000. The highest BCUT2D eigenvalue weighted by molar-refractivity contribution is 5.71. The van der Waals surface area contributed by atoms with Crippen molar-refractivity contribution in [2.45, 2.75) is 32.0 Å². The Morgan fingerprint density at radius 1 is 1.03 bits per heavy atom. The number of aromatic nitrogens is 3. The van der Waals surface area contributed by atoms with E-state index in [1.807, 2.05) is 24.3 Å². The van der Waals surface area contributed by atoms with Crippen LogP contribution in [0.2, 0.25) is 0 Å². The first-order valence-corrected chi connectivity index (χ1v) is 10.6. The second-order valence-electron chi connectivity index (χ2n) is 7.52. The van der Waals surface area contributed by atoms with Gasteiger partial charge >= 0.3 is 0 Å². The van der Waals surface area contributed by atoms with E-state index in [1.165, 1.54) is 0 Å². The van der Waals surface area contributed by atoms with Gasteiger partial charge in [0.05, 0.1) is 45.2 Å². The summed E-state index contributed by atoms with van der Waals surface area (Å²) < 4.78 is 27.8. The zero-order valence-electron chi connectivity index (χ0n) is 18.6. The minimum absolute atomic E-state index is 0.201. The van der Waals surface area contributed by atoms with Gasteiger partial charge in [-0.2, -0.15) is 4.98 Å². The van der Waals surface area contributed by atoms with Gasteiger partial charge in [-0.25, -0.2) is 0 Å². The SMILES string of the molecule is COc1ccc(-c2noc(CN(Cc3ccccn3)CC3CCCO3)n2)c(OC)c1OC. The molecule has 0 saturated carbocycles. The van der Waals surface area contributed by atoms with Crippen molar-refractivity contribution >= 4 is 0 Å². The molecule has 32 heavy (non-hydrogen) atoms. The summed E-state index contributed by atoms with van der Waals surface area (Å²) in [7, 11) is 4.71. The Hall–Kier alpha value is -3.17. The molecule has 0 spiro atoms. The van der Waals surface area contributed by atoms with Crippen molar-refractivity contribution in [2.24, 2.45) is 0 Å². The quantitative estimate of drug-likeness (QED) is 0.471. The second kappa shape index (κ2) is 10.4. The molecule has 1 aliphatic heterocycles. The molecule has 170 valence electrons. The fourth-order valence-corrected chi connectivity index (χ4v) is 3.88. The van der Waals surface area contributed by atoms with Gasteiger partial charge in [0.25, 0.3) is 0 Å². The standard InChI is InChI=1S/C23H28N4O5/c1-28-19-10-9-18(21(29-2)22(19)30-3)23-25-20(32-26-23)15-27(14-17-8-6-12-31-17)13-16-7-4-5-11-24-16/h4-5,7,9-11,17H,6,8,12-15H2,1-3H3. The predicted octanol–water partition coefficient (Wildman–Crippen LogP) is 3.34. The third-order valence-corrected chi connectivity index (χ3v) is 5.37. The zero-order valence-corrected chi connectivity index (χ0v) is 18.6. The molecule has 1 saturated heterocycles. The number of hydrogen-bond donors (Lipinski definition) is 0. The minimum Gasteiger partial charge on any atom is -0.493 e. The second-order valence-corrected chi connectivity index (χ2v) is 7.52. The van der Waals surface area contributed by atoms with E-state index in [4.69, 9.17) is 23.5 Å². The summed E-state index contributed by atoms with van der Waals surface area (Å²) in [6.45, 7) is 2.73. The van der Waals surface area contributed by atoms with Crippen LogP contribution in [0.5, 0.6) is 17.2 Å². The molecular formula is C23H28N4O5. The average molecular weight is 441 g/mol. The molecule has 3 heterocycles. The predicted molar refractivity (Wildman–Crippen MR) is 117 cm³/mol. The van der Waals surface area contributed by atoms with Crippen LogP contribution in [0.15, 0.2) is 41.1 Å². The molecule has 9 heteroatoms. The molecule has 2 aromatic heterocycles. The van der Waals surface area contributed by atoms with Gasteiger partial charge in [-0.1, -0.05) is 11.2 Å². The first-order chi connectivity index (χ1) is 15.7. The van der Waals surface area contributed by atoms with Crippen LogP contribution in [0.25, 0.3) is 11.4 Å². The number of ether oxygens (including phenoxy) is 4. The van der Waals surface area contributed by atoms with Crippen LogP contribution in [0.4, 0.5) is 0 Å². The third-order valence-electron chi connectivity index (χ3n) is 5.37. The van der Waals surface area contributed by atoms with E-state index in [-0.39, 0.29) is 6.10 Å². The lowest BCUT2D eigenvalue weighted by molar-refractivity contribution is 0.0636. The number of rotatable bonds is 10. The highest BCUT2D eigenvalue weighted by Crippen LogP contribution is 2.43. The molecule has 1 unspecified atom stereocenters. The van der Waals surface area contributed by atoms with Crippen LogP contribution < -0.4 is 14.2 Å². The number of methoxy groups -OCH3 is 3. The van der Waals surface area contributed by atoms with Crippen molar-refractivity contribution in [3.8, 4) is 28.6 Å². The molecule has 1 aliphatic rings. The molecule has 4 rings (SSSR count). The maximum Gasteiger partial charge on any atom is 0.241 e. The Labute approximate surface area is 187 Å². The first kappa shape index (κ1) is 22.0. The molecule has 0 radical (unpaired) electrons. The summed E-state index contributed by atoms with van der Waals surface area (Å²) in [6.07, 6.45) is 4.14. The van der Waals surface area contributed by atoms with Gasteiger partial charge in [0.1, 0.15) is 0 Å². The van der Waals surface area contributed by atoms with Crippen LogP contribution in [-0.4, -0.2) is 60.6 Å². The summed E-state index contributed by atoms with van der Waals surface area (Å²) >= 11 is 0. The molecule has 1 aromatic carbocycles. The molecule has 1 atom stereocenters. The van der Waals surface area contributed by atoms with Gasteiger partial charge in [-0.3, -0.25) is 9.88 Å². The average Bonchev–Trinajstić information content (AvgIpc) is 3.51. The molecule has 9 nitrogen and oxygen atoms in total. The maximum absolute atomic E-state index is 5.84. The van der Waals surface area contributed by atoms with E-state index in [9.17, 15) is 0 Å². The Morgan fingerprint density at radius 3 is 2.59 bits per heavy atom. The fraction of sp³-hybridized carbons (Fsp3) is 0.435. The topological polar surface area (TPSA) is 92.0 Å². The van der Waals surface area contributed by atoms with Crippen molar-refractivity contribution in [2.75, 3.05) is 34.5 Å². The van der Waals surface area contributed by atoms with Gasteiger partial charge in [-0.15, -0.1) is 0 Å². The largest absolute Gasteiger partial charge is 0.493 e. The van der Waals surface area contributed by atoms with E-state index in [0.717, 1.165) is 31.7 Å². The maximum atomic E-state index is 5.84. The van der Waals surface area contributed by atoms with Crippen molar-refractivity contribution in [3.05, 3.63) is 48.1 Å². The summed E-state index contributed by atoms with van der Waals surface area (Å²) in [6, 6.07) is 9.52. The number of nitrogens with zero attached hydrogens (tertiary/aromatic N) is 4. The molecule has 0 amide bonds. The Morgan fingerprint density at radius 2 is 1.91 bits per heavy atom. The van der Waals surface area contributed by atoms with E-state index in [0.29, 0.717) is 47.6 Å². The zero-order chi connectivity index (χ0) is 22.3.